The summed E-state index contributed by atoms with van der Waals surface area (Å²) in [5.74, 6) is 0. The molecule has 2 aromatic rings. The zero-order valence-corrected chi connectivity index (χ0v) is 11.4. The number of rotatable bonds is 2. The maximum atomic E-state index is 10.6. The van der Waals surface area contributed by atoms with Crippen LogP contribution in [0.4, 0.5) is 0 Å². The van der Waals surface area contributed by atoms with Gasteiger partial charge in [0, 0.05) is 13.0 Å². The molecular weight excluding hydrogens is 244 g/mol. The van der Waals surface area contributed by atoms with Crippen molar-refractivity contribution in [3.05, 3.63) is 29.3 Å². The second-order valence-corrected chi connectivity index (χ2v) is 6.43. The van der Waals surface area contributed by atoms with Crippen molar-refractivity contribution in [1.29, 1.82) is 0 Å². The molecule has 1 aromatic heterocycles. The molecule has 0 spiro atoms. The normalized spacial score (nSPS) is 25.7. The summed E-state index contributed by atoms with van der Waals surface area (Å²) < 4.78 is 1.21. The minimum Gasteiger partial charge on any atom is -0.388 e. The molecule has 96 valence electrons. The fourth-order valence-corrected chi connectivity index (χ4v) is 3.86. The van der Waals surface area contributed by atoms with E-state index < -0.39 is 5.60 Å². The van der Waals surface area contributed by atoms with Gasteiger partial charge in [-0.2, -0.15) is 0 Å². The lowest BCUT2D eigenvalue weighted by atomic mass is 9.90. The molecule has 4 heteroatoms. The number of thiazole rings is 1. The van der Waals surface area contributed by atoms with E-state index in [-0.39, 0.29) is 0 Å². The Hall–Kier alpha value is -0.970. The molecule has 0 amide bonds. The summed E-state index contributed by atoms with van der Waals surface area (Å²) in [7, 11) is 2.07. The molecule has 1 unspecified atom stereocenters. The van der Waals surface area contributed by atoms with Crippen LogP contribution in [0.2, 0.25) is 0 Å². The Kier molecular flexibility index (Phi) is 3.09. The van der Waals surface area contributed by atoms with Gasteiger partial charge in [-0.3, -0.25) is 0 Å². The molecule has 1 aliphatic rings. The van der Waals surface area contributed by atoms with Gasteiger partial charge >= 0.3 is 0 Å². The Morgan fingerprint density at radius 2 is 2.28 bits per heavy atom. The Balaban J connectivity index is 1.82. The predicted octanol–water partition coefficient (Wildman–Crippen LogP) is 2.30. The fourth-order valence-electron chi connectivity index (χ4n) is 2.76. The number of para-hydroxylation sites is 1. The first-order chi connectivity index (χ1) is 8.65. The second kappa shape index (κ2) is 4.61. The number of piperidine rings is 1. The summed E-state index contributed by atoms with van der Waals surface area (Å²) >= 11 is 1.70. The maximum absolute atomic E-state index is 10.6. The van der Waals surface area contributed by atoms with E-state index in [2.05, 4.69) is 23.0 Å². The Labute approximate surface area is 111 Å². The van der Waals surface area contributed by atoms with Crippen LogP contribution in [0.25, 0.3) is 10.2 Å². The van der Waals surface area contributed by atoms with Crippen molar-refractivity contribution in [3.8, 4) is 0 Å². The lowest BCUT2D eigenvalue weighted by molar-refractivity contribution is -0.0223. The van der Waals surface area contributed by atoms with Gasteiger partial charge in [0.05, 0.1) is 20.8 Å². The van der Waals surface area contributed by atoms with E-state index in [1.54, 1.807) is 11.3 Å². The van der Waals surface area contributed by atoms with Crippen molar-refractivity contribution in [2.75, 3.05) is 20.1 Å². The van der Waals surface area contributed by atoms with E-state index in [1.165, 1.54) is 4.70 Å². The van der Waals surface area contributed by atoms with Crippen LogP contribution in [-0.4, -0.2) is 40.7 Å². The van der Waals surface area contributed by atoms with Crippen LogP contribution in [0, 0.1) is 0 Å². The summed E-state index contributed by atoms with van der Waals surface area (Å²) in [6, 6.07) is 8.17. The first-order valence-electron chi connectivity index (χ1n) is 6.40. The smallest absolute Gasteiger partial charge is 0.0967 e. The second-order valence-electron chi connectivity index (χ2n) is 5.32. The molecule has 0 radical (unpaired) electrons. The molecule has 0 saturated carbocycles. The number of aromatic nitrogens is 1. The molecule has 1 aromatic carbocycles. The number of likely N-dealkylation sites (N-methyl/N-ethyl adjacent to an activating group) is 1. The quantitative estimate of drug-likeness (QED) is 0.902. The Morgan fingerprint density at radius 1 is 1.44 bits per heavy atom. The van der Waals surface area contributed by atoms with Crippen molar-refractivity contribution in [3.63, 3.8) is 0 Å². The molecule has 3 rings (SSSR count). The van der Waals surface area contributed by atoms with Gasteiger partial charge in [-0.25, -0.2) is 4.98 Å². The first-order valence-corrected chi connectivity index (χ1v) is 7.22. The van der Waals surface area contributed by atoms with Gasteiger partial charge < -0.3 is 10.0 Å². The highest BCUT2D eigenvalue weighted by Gasteiger charge is 2.32. The third-order valence-corrected chi connectivity index (χ3v) is 4.60. The zero-order chi connectivity index (χ0) is 12.6. The molecule has 1 atom stereocenters. The van der Waals surface area contributed by atoms with Crippen molar-refractivity contribution >= 4 is 21.6 Å². The fraction of sp³-hybridized carbons (Fsp3) is 0.500. The Morgan fingerprint density at radius 3 is 3.06 bits per heavy atom. The molecule has 3 nitrogen and oxygen atoms in total. The van der Waals surface area contributed by atoms with Crippen molar-refractivity contribution in [2.24, 2.45) is 0 Å². The van der Waals surface area contributed by atoms with Crippen molar-refractivity contribution < 1.29 is 5.11 Å². The standard InChI is InChI=1S/C14H18N2OS/c1-16-8-4-7-14(17,10-16)9-13-15-11-5-2-3-6-12(11)18-13/h2-3,5-6,17H,4,7-10H2,1H3. The summed E-state index contributed by atoms with van der Waals surface area (Å²) in [6.45, 7) is 1.84. The lowest BCUT2D eigenvalue weighted by Gasteiger charge is -2.36. The average Bonchev–Trinajstić information content (AvgIpc) is 2.69. The predicted molar refractivity (Wildman–Crippen MR) is 75.0 cm³/mol. The highest BCUT2D eigenvalue weighted by atomic mass is 32.1. The third kappa shape index (κ3) is 2.41. The molecule has 2 heterocycles. The minimum atomic E-state index is -0.596. The first kappa shape index (κ1) is 12.1. The third-order valence-electron chi connectivity index (χ3n) is 3.56. The maximum Gasteiger partial charge on any atom is 0.0967 e. The van der Waals surface area contributed by atoms with Gasteiger partial charge in [0.2, 0.25) is 0 Å². The van der Waals surface area contributed by atoms with Gasteiger partial charge in [-0.1, -0.05) is 12.1 Å². The van der Waals surface area contributed by atoms with E-state index in [4.69, 9.17) is 0 Å². The van der Waals surface area contributed by atoms with Gasteiger partial charge in [0.25, 0.3) is 0 Å². The van der Waals surface area contributed by atoms with Gasteiger partial charge in [0.1, 0.15) is 0 Å². The molecule has 1 fully saturated rings. The van der Waals surface area contributed by atoms with E-state index in [9.17, 15) is 5.11 Å². The van der Waals surface area contributed by atoms with Crippen LogP contribution < -0.4 is 0 Å². The van der Waals surface area contributed by atoms with E-state index in [0.717, 1.165) is 36.5 Å². The van der Waals surface area contributed by atoms with E-state index in [0.29, 0.717) is 6.42 Å². The number of hydrogen-bond acceptors (Lipinski definition) is 4. The highest BCUT2D eigenvalue weighted by molar-refractivity contribution is 7.18. The van der Waals surface area contributed by atoms with Crippen LogP contribution in [0.15, 0.2) is 24.3 Å². The summed E-state index contributed by atoms with van der Waals surface area (Å²) in [4.78, 5) is 6.82. The summed E-state index contributed by atoms with van der Waals surface area (Å²) in [5, 5.41) is 11.7. The summed E-state index contributed by atoms with van der Waals surface area (Å²) in [6.07, 6.45) is 2.63. The molecule has 0 bridgehead atoms. The molecular formula is C14H18N2OS. The SMILES string of the molecule is CN1CCCC(O)(Cc2nc3ccccc3s2)C1. The van der Waals surface area contributed by atoms with Crippen LogP contribution in [-0.2, 0) is 6.42 Å². The monoisotopic (exact) mass is 262 g/mol. The van der Waals surface area contributed by atoms with Gasteiger partial charge in [-0.15, -0.1) is 11.3 Å². The average molecular weight is 262 g/mol. The lowest BCUT2D eigenvalue weighted by Crippen LogP contribution is -2.47. The molecule has 1 N–H and O–H groups in total. The van der Waals surface area contributed by atoms with E-state index in [1.807, 2.05) is 18.2 Å². The number of fused-ring (bicyclic) bond motifs is 1. The van der Waals surface area contributed by atoms with Crippen molar-refractivity contribution in [1.82, 2.24) is 9.88 Å². The Bertz CT molecular complexity index is 520. The minimum absolute atomic E-state index is 0.596. The number of hydrogen-bond donors (Lipinski definition) is 1. The number of benzene rings is 1. The highest BCUT2D eigenvalue weighted by Crippen LogP contribution is 2.29. The van der Waals surface area contributed by atoms with Crippen molar-refractivity contribution in [2.45, 2.75) is 24.9 Å². The molecule has 0 aliphatic carbocycles. The molecule has 1 saturated heterocycles. The number of β-amino-alcohol motifs (C(OH)–C–C–N with tert-alkyl or cyclic N) is 1. The van der Waals surface area contributed by atoms with Crippen LogP contribution in [0.3, 0.4) is 0 Å². The topological polar surface area (TPSA) is 36.4 Å². The molecule has 1 aliphatic heterocycles. The number of aliphatic hydroxyl groups is 1. The number of nitrogens with zero attached hydrogens (tertiary/aromatic N) is 2. The number of likely N-dealkylation sites (tertiary alicyclic amines) is 1. The van der Waals surface area contributed by atoms with Crippen LogP contribution in [0.5, 0.6) is 0 Å². The van der Waals surface area contributed by atoms with Crippen LogP contribution >= 0.6 is 11.3 Å². The summed E-state index contributed by atoms with van der Waals surface area (Å²) in [5.41, 5.74) is 0.450. The van der Waals surface area contributed by atoms with E-state index >= 15 is 0 Å². The largest absolute Gasteiger partial charge is 0.388 e. The van der Waals surface area contributed by atoms with Crippen LogP contribution in [0.1, 0.15) is 17.8 Å². The van der Waals surface area contributed by atoms with Gasteiger partial charge in [-0.05, 0) is 38.6 Å². The van der Waals surface area contributed by atoms with Gasteiger partial charge in [0.15, 0.2) is 0 Å². The zero-order valence-electron chi connectivity index (χ0n) is 10.6. The molecule has 18 heavy (non-hydrogen) atoms.